The van der Waals surface area contributed by atoms with Gasteiger partial charge in [0.05, 0.1) is 5.69 Å². The van der Waals surface area contributed by atoms with Crippen LogP contribution in [0.2, 0.25) is 0 Å². The molecule has 1 saturated heterocycles. The zero-order valence-corrected chi connectivity index (χ0v) is 11.5. The van der Waals surface area contributed by atoms with Crippen molar-refractivity contribution in [3.05, 3.63) is 24.0 Å². The van der Waals surface area contributed by atoms with E-state index >= 15 is 0 Å². The van der Waals surface area contributed by atoms with Gasteiger partial charge in [0.1, 0.15) is 0 Å². The first-order valence-electron chi connectivity index (χ1n) is 6.86. The minimum Gasteiger partial charge on any atom is -0.476 e. The van der Waals surface area contributed by atoms with Crippen molar-refractivity contribution in [2.45, 2.75) is 26.2 Å². The van der Waals surface area contributed by atoms with E-state index in [0.717, 1.165) is 32.4 Å². The highest BCUT2D eigenvalue weighted by Gasteiger charge is 2.26. The molecule has 108 valence electrons. The molecule has 0 aromatic carbocycles. The summed E-state index contributed by atoms with van der Waals surface area (Å²) in [6.07, 6.45) is 4.65. The molecule has 20 heavy (non-hydrogen) atoms. The Labute approximate surface area is 117 Å². The summed E-state index contributed by atoms with van der Waals surface area (Å²) in [6, 6.07) is 2.90. The normalized spacial score (nSPS) is 18.1. The van der Waals surface area contributed by atoms with E-state index in [1.807, 2.05) is 0 Å². The second-order valence-corrected chi connectivity index (χ2v) is 5.02. The number of urea groups is 1. The summed E-state index contributed by atoms with van der Waals surface area (Å²) in [5.41, 5.74) is 0.106. The lowest BCUT2D eigenvalue weighted by atomic mass is 10.0. The Balaban J connectivity index is 2.00. The van der Waals surface area contributed by atoms with Crippen molar-refractivity contribution in [1.29, 1.82) is 0 Å². The molecule has 0 spiro atoms. The zero-order valence-electron chi connectivity index (χ0n) is 11.5. The van der Waals surface area contributed by atoms with Crippen molar-refractivity contribution >= 4 is 17.7 Å². The fourth-order valence-electron chi connectivity index (χ4n) is 2.53. The van der Waals surface area contributed by atoms with Gasteiger partial charge < -0.3 is 15.3 Å². The number of hydrogen-bond donors (Lipinski definition) is 2. The monoisotopic (exact) mass is 277 g/mol. The maximum Gasteiger partial charge on any atom is 0.356 e. The number of nitrogens with zero attached hydrogens (tertiary/aromatic N) is 2. The number of carbonyl (C=O) groups is 2. The first kappa shape index (κ1) is 14.3. The molecule has 1 unspecified atom stereocenters. The lowest BCUT2D eigenvalue weighted by Gasteiger charge is -2.17. The van der Waals surface area contributed by atoms with Crippen LogP contribution in [0.5, 0.6) is 0 Å². The molecule has 6 heteroatoms. The van der Waals surface area contributed by atoms with Gasteiger partial charge in [0.2, 0.25) is 0 Å². The van der Waals surface area contributed by atoms with Crippen molar-refractivity contribution < 1.29 is 14.7 Å². The van der Waals surface area contributed by atoms with Gasteiger partial charge in [0.25, 0.3) is 0 Å². The molecule has 2 rings (SSSR count). The number of carboxylic acid groups (broad SMARTS) is 1. The van der Waals surface area contributed by atoms with Crippen LogP contribution in [-0.2, 0) is 0 Å². The first-order valence-corrected chi connectivity index (χ1v) is 6.86. The van der Waals surface area contributed by atoms with E-state index in [1.165, 1.54) is 6.20 Å². The maximum atomic E-state index is 12.1. The largest absolute Gasteiger partial charge is 0.476 e. The average Bonchev–Trinajstić information content (AvgIpc) is 2.88. The maximum absolute atomic E-state index is 12.1. The molecule has 0 saturated carbocycles. The van der Waals surface area contributed by atoms with Gasteiger partial charge in [-0.05, 0) is 30.9 Å². The molecular weight excluding hydrogens is 258 g/mol. The van der Waals surface area contributed by atoms with Gasteiger partial charge in [-0.3, -0.25) is 0 Å². The Morgan fingerprint density at radius 2 is 2.35 bits per heavy atom. The van der Waals surface area contributed by atoms with Crippen LogP contribution in [0.4, 0.5) is 10.5 Å². The Morgan fingerprint density at radius 1 is 1.55 bits per heavy atom. The topological polar surface area (TPSA) is 82.5 Å². The smallest absolute Gasteiger partial charge is 0.356 e. The summed E-state index contributed by atoms with van der Waals surface area (Å²) in [5, 5.41) is 11.7. The summed E-state index contributed by atoms with van der Waals surface area (Å²) in [5.74, 6) is -0.593. The van der Waals surface area contributed by atoms with Crippen molar-refractivity contribution in [3.63, 3.8) is 0 Å². The minimum absolute atomic E-state index is 0.134. The fourth-order valence-corrected chi connectivity index (χ4v) is 2.53. The number of aromatic carboxylic acids is 1. The number of aromatic nitrogens is 1. The average molecular weight is 277 g/mol. The molecule has 6 nitrogen and oxygen atoms in total. The van der Waals surface area contributed by atoms with E-state index in [1.54, 1.807) is 17.0 Å². The molecule has 1 aromatic rings. The Hall–Kier alpha value is -2.11. The minimum atomic E-state index is -1.15. The first-order chi connectivity index (χ1) is 9.61. The zero-order chi connectivity index (χ0) is 14.5. The quantitative estimate of drug-likeness (QED) is 0.885. The Bertz CT molecular complexity index is 504. The predicted octanol–water partition coefficient (Wildman–Crippen LogP) is 2.43. The molecule has 0 radical (unpaired) electrons. The molecule has 1 aliphatic rings. The van der Waals surface area contributed by atoms with E-state index in [-0.39, 0.29) is 17.4 Å². The van der Waals surface area contributed by atoms with Crippen LogP contribution < -0.4 is 5.32 Å². The number of amides is 2. The van der Waals surface area contributed by atoms with Crippen molar-refractivity contribution in [3.8, 4) is 0 Å². The van der Waals surface area contributed by atoms with E-state index < -0.39 is 5.97 Å². The number of carboxylic acids is 1. The molecule has 1 aliphatic heterocycles. The van der Waals surface area contributed by atoms with E-state index in [2.05, 4.69) is 17.2 Å². The second kappa shape index (κ2) is 6.36. The van der Waals surface area contributed by atoms with E-state index in [9.17, 15) is 9.59 Å². The van der Waals surface area contributed by atoms with Crippen LogP contribution in [0.3, 0.4) is 0 Å². The number of hydrogen-bond acceptors (Lipinski definition) is 3. The van der Waals surface area contributed by atoms with Gasteiger partial charge in [-0.2, -0.15) is 0 Å². The predicted molar refractivity (Wildman–Crippen MR) is 74.8 cm³/mol. The molecule has 1 aromatic heterocycles. The van der Waals surface area contributed by atoms with Crippen LogP contribution in [0, 0.1) is 5.92 Å². The van der Waals surface area contributed by atoms with Gasteiger partial charge in [-0.15, -0.1) is 0 Å². The standard InChI is InChI=1S/C14H19N3O3/c1-2-4-10-6-8-17(9-10)14(20)16-11-5-3-7-15-12(11)13(18)19/h3,5,7,10H,2,4,6,8-9H2,1H3,(H,16,20)(H,18,19). The van der Waals surface area contributed by atoms with Crippen molar-refractivity contribution in [2.24, 2.45) is 5.92 Å². The van der Waals surface area contributed by atoms with Crippen LogP contribution in [0.25, 0.3) is 0 Å². The highest BCUT2D eigenvalue weighted by atomic mass is 16.4. The molecule has 0 bridgehead atoms. The lowest BCUT2D eigenvalue weighted by molar-refractivity contribution is 0.0691. The van der Waals surface area contributed by atoms with Crippen LogP contribution in [0.15, 0.2) is 18.3 Å². The SMILES string of the molecule is CCCC1CCN(C(=O)Nc2cccnc2C(=O)O)C1. The van der Waals surface area contributed by atoms with Crippen LogP contribution in [0.1, 0.15) is 36.7 Å². The third-order valence-electron chi connectivity index (χ3n) is 3.52. The molecular formula is C14H19N3O3. The molecule has 2 N–H and O–H groups in total. The molecule has 1 fully saturated rings. The van der Waals surface area contributed by atoms with Crippen LogP contribution in [-0.4, -0.2) is 40.1 Å². The van der Waals surface area contributed by atoms with Gasteiger partial charge in [-0.1, -0.05) is 13.3 Å². The summed E-state index contributed by atoms with van der Waals surface area (Å²) >= 11 is 0. The number of anilines is 1. The highest BCUT2D eigenvalue weighted by molar-refractivity contribution is 5.98. The molecule has 2 heterocycles. The molecule has 0 aliphatic carbocycles. The number of likely N-dealkylation sites (tertiary alicyclic amines) is 1. The number of pyridine rings is 1. The van der Waals surface area contributed by atoms with Gasteiger partial charge in [0, 0.05) is 19.3 Å². The molecule has 2 amide bonds. The van der Waals surface area contributed by atoms with Crippen molar-refractivity contribution in [2.75, 3.05) is 18.4 Å². The Morgan fingerprint density at radius 3 is 3.05 bits per heavy atom. The number of carbonyl (C=O) groups excluding carboxylic acids is 1. The Kier molecular flexibility index (Phi) is 4.55. The third kappa shape index (κ3) is 3.26. The fraction of sp³-hybridized carbons (Fsp3) is 0.500. The van der Waals surface area contributed by atoms with Gasteiger partial charge in [-0.25, -0.2) is 14.6 Å². The van der Waals surface area contributed by atoms with Crippen LogP contribution >= 0.6 is 0 Å². The summed E-state index contributed by atoms with van der Waals surface area (Å²) < 4.78 is 0. The summed E-state index contributed by atoms with van der Waals surface area (Å²) in [7, 11) is 0. The summed E-state index contributed by atoms with van der Waals surface area (Å²) in [6.45, 7) is 3.60. The third-order valence-corrected chi connectivity index (χ3v) is 3.52. The van der Waals surface area contributed by atoms with Gasteiger partial charge in [0.15, 0.2) is 5.69 Å². The number of nitrogens with one attached hydrogen (secondary N) is 1. The van der Waals surface area contributed by atoms with E-state index in [0.29, 0.717) is 5.92 Å². The van der Waals surface area contributed by atoms with E-state index in [4.69, 9.17) is 5.11 Å². The number of rotatable bonds is 4. The summed E-state index contributed by atoms with van der Waals surface area (Å²) in [4.78, 5) is 28.7. The second-order valence-electron chi connectivity index (χ2n) is 5.02. The lowest BCUT2D eigenvalue weighted by Crippen LogP contribution is -2.33. The van der Waals surface area contributed by atoms with Gasteiger partial charge >= 0.3 is 12.0 Å². The highest BCUT2D eigenvalue weighted by Crippen LogP contribution is 2.22. The molecule has 1 atom stereocenters. The van der Waals surface area contributed by atoms with Crippen molar-refractivity contribution in [1.82, 2.24) is 9.88 Å².